The Morgan fingerprint density at radius 1 is 0.820 bits per heavy atom. The van der Waals surface area contributed by atoms with Crippen LogP contribution in [0.3, 0.4) is 0 Å². The first kappa shape index (κ1) is 41.0. The number of carbonyl (C=O) groups is 6. The SMILES string of the molecule is CN1C[C@H](Nc2nn(C)c(=O)n(C)c2=O)C[C@H](c2ccc(C(=O)N3CCN(Cc4ccc(C(=O)Nc5cccc6c5C(=O)N(C5CCC(=O)NC5=O)C6=O)cc4)CC3)cc2)C1. The summed E-state index contributed by atoms with van der Waals surface area (Å²) in [5.41, 5.74) is 2.31. The Morgan fingerprint density at radius 3 is 2.23 bits per heavy atom. The summed E-state index contributed by atoms with van der Waals surface area (Å²) in [6, 6.07) is 18.2. The third-order valence-corrected chi connectivity index (χ3v) is 11.9. The molecule has 4 aliphatic rings. The predicted molar refractivity (Wildman–Crippen MR) is 222 cm³/mol. The number of piperazine rings is 1. The summed E-state index contributed by atoms with van der Waals surface area (Å²) in [7, 11) is 4.97. The molecule has 0 spiro atoms. The van der Waals surface area contributed by atoms with Crippen molar-refractivity contribution < 1.29 is 28.8 Å². The summed E-state index contributed by atoms with van der Waals surface area (Å²) in [4.78, 5) is 110. The monoisotopic (exact) mass is 830 g/mol. The van der Waals surface area contributed by atoms with Crippen LogP contribution in [0.5, 0.6) is 0 Å². The molecule has 0 saturated carbocycles. The molecule has 5 heterocycles. The fraction of sp³-hybridized carbons (Fsp3) is 0.372. The van der Waals surface area contributed by atoms with Gasteiger partial charge >= 0.3 is 5.69 Å². The molecule has 3 N–H and O–H groups in total. The van der Waals surface area contributed by atoms with E-state index in [1.54, 1.807) is 18.2 Å². The first-order valence-corrected chi connectivity index (χ1v) is 20.2. The number of aromatic nitrogens is 3. The zero-order chi connectivity index (χ0) is 43.1. The number of amides is 6. The molecule has 4 aromatic rings. The molecule has 3 saturated heterocycles. The van der Waals surface area contributed by atoms with Gasteiger partial charge in [0.25, 0.3) is 29.2 Å². The maximum absolute atomic E-state index is 13.5. The number of fused-ring (bicyclic) bond motifs is 1. The van der Waals surface area contributed by atoms with E-state index in [2.05, 4.69) is 30.8 Å². The molecule has 3 fully saturated rings. The number of likely N-dealkylation sites (tertiary alicyclic amines) is 1. The van der Waals surface area contributed by atoms with E-state index in [0.717, 1.165) is 38.2 Å². The highest BCUT2D eigenvalue weighted by Gasteiger charge is 2.46. The maximum Gasteiger partial charge on any atom is 0.346 e. The number of benzene rings is 3. The molecule has 0 aliphatic carbocycles. The smallest absolute Gasteiger partial charge is 0.346 e. The molecular formula is C43H46N10O8. The molecule has 0 radical (unpaired) electrons. The van der Waals surface area contributed by atoms with Gasteiger partial charge in [-0.05, 0) is 73.3 Å². The number of anilines is 2. The van der Waals surface area contributed by atoms with E-state index in [1.807, 2.05) is 48.3 Å². The molecule has 316 valence electrons. The van der Waals surface area contributed by atoms with Crippen molar-refractivity contribution in [3.05, 3.63) is 121 Å². The Bertz CT molecular complexity index is 2560. The minimum atomic E-state index is -1.11. The van der Waals surface area contributed by atoms with E-state index < -0.39 is 46.8 Å². The largest absolute Gasteiger partial charge is 0.360 e. The van der Waals surface area contributed by atoms with Gasteiger partial charge in [0.1, 0.15) is 6.04 Å². The van der Waals surface area contributed by atoms with E-state index in [9.17, 15) is 38.4 Å². The number of aryl methyl sites for hydroxylation is 1. The molecular weight excluding hydrogens is 785 g/mol. The lowest BCUT2D eigenvalue weighted by atomic mass is 9.88. The number of hydrogen-bond acceptors (Lipinski definition) is 12. The predicted octanol–water partition coefficient (Wildman–Crippen LogP) is 0.990. The van der Waals surface area contributed by atoms with Gasteiger partial charge in [-0.2, -0.15) is 0 Å². The highest BCUT2D eigenvalue weighted by molar-refractivity contribution is 6.26. The van der Waals surface area contributed by atoms with Gasteiger partial charge in [0.15, 0.2) is 0 Å². The summed E-state index contributed by atoms with van der Waals surface area (Å²) in [6.45, 7) is 4.60. The number of likely N-dealkylation sites (N-methyl/N-ethyl adjacent to an activating group) is 1. The van der Waals surface area contributed by atoms with Crippen LogP contribution in [0.4, 0.5) is 11.5 Å². The van der Waals surface area contributed by atoms with Gasteiger partial charge in [-0.15, -0.1) is 5.10 Å². The van der Waals surface area contributed by atoms with Crippen molar-refractivity contribution in [1.82, 2.24) is 39.3 Å². The van der Waals surface area contributed by atoms with E-state index in [0.29, 0.717) is 50.4 Å². The van der Waals surface area contributed by atoms with Crippen molar-refractivity contribution in [1.29, 1.82) is 0 Å². The minimum Gasteiger partial charge on any atom is -0.360 e. The molecule has 1 unspecified atom stereocenters. The molecule has 3 atom stereocenters. The van der Waals surface area contributed by atoms with Crippen LogP contribution in [0.2, 0.25) is 0 Å². The fourth-order valence-electron chi connectivity index (χ4n) is 8.67. The lowest BCUT2D eigenvalue weighted by Crippen LogP contribution is -2.54. The molecule has 8 rings (SSSR count). The van der Waals surface area contributed by atoms with Crippen LogP contribution in [0.15, 0.2) is 76.3 Å². The second kappa shape index (κ2) is 16.7. The summed E-state index contributed by atoms with van der Waals surface area (Å²) in [5, 5.41) is 12.3. The van der Waals surface area contributed by atoms with Crippen LogP contribution in [0, 0.1) is 0 Å². The lowest BCUT2D eigenvalue weighted by molar-refractivity contribution is -0.136. The van der Waals surface area contributed by atoms with Crippen LogP contribution < -0.4 is 27.2 Å². The van der Waals surface area contributed by atoms with Crippen molar-refractivity contribution >= 4 is 46.9 Å². The number of carbonyl (C=O) groups excluding carboxylic acids is 6. The lowest BCUT2D eigenvalue weighted by Gasteiger charge is -2.36. The summed E-state index contributed by atoms with van der Waals surface area (Å²) < 4.78 is 2.19. The zero-order valence-electron chi connectivity index (χ0n) is 34.1. The number of piperidine rings is 2. The Kier molecular flexibility index (Phi) is 11.2. The van der Waals surface area contributed by atoms with Gasteiger partial charge in [-0.3, -0.25) is 53.2 Å². The van der Waals surface area contributed by atoms with Gasteiger partial charge in [0.2, 0.25) is 17.6 Å². The summed E-state index contributed by atoms with van der Waals surface area (Å²) >= 11 is 0. The molecule has 6 amide bonds. The van der Waals surface area contributed by atoms with Gasteiger partial charge < -0.3 is 20.4 Å². The van der Waals surface area contributed by atoms with Crippen molar-refractivity contribution in [3.63, 3.8) is 0 Å². The second-order valence-corrected chi connectivity index (χ2v) is 16.1. The third-order valence-electron chi connectivity index (χ3n) is 11.9. The molecule has 18 heteroatoms. The molecule has 18 nitrogen and oxygen atoms in total. The Morgan fingerprint density at radius 2 is 1.52 bits per heavy atom. The van der Waals surface area contributed by atoms with Crippen molar-refractivity contribution in [2.24, 2.45) is 14.1 Å². The number of nitrogens with one attached hydrogen (secondary N) is 3. The Labute approximate surface area is 350 Å². The van der Waals surface area contributed by atoms with Gasteiger partial charge in [0, 0.05) is 83.5 Å². The quantitative estimate of drug-likeness (QED) is 0.202. The Balaban J connectivity index is 0.826. The topological polar surface area (TPSA) is 208 Å². The average Bonchev–Trinajstić information content (AvgIpc) is 3.51. The highest BCUT2D eigenvalue weighted by atomic mass is 16.2. The molecule has 61 heavy (non-hydrogen) atoms. The van der Waals surface area contributed by atoms with E-state index >= 15 is 0 Å². The first-order valence-electron chi connectivity index (χ1n) is 20.2. The van der Waals surface area contributed by atoms with Gasteiger partial charge in [-0.1, -0.05) is 30.3 Å². The van der Waals surface area contributed by atoms with Crippen molar-refractivity contribution in [2.75, 3.05) is 56.9 Å². The molecule has 3 aromatic carbocycles. The van der Waals surface area contributed by atoms with Crippen molar-refractivity contribution in [3.8, 4) is 0 Å². The first-order chi connectivity index (χ1) is 29.2. The summed E-state index contributed by atoms with van der Waals surface area (Å²) in [6.07, 6.45) is 0.781. The number of rotatable bonds is 9. The van der Waals surface area contributed by atoms with Crippen LogP contribution in [0.1, 0.15) is 77.7 Å². The standard InChI is InChI=1S/C43H46N10O8/c1-48-23-29(21-30(24-48)44-36-42(60)49(2)43(61)50(3)47-36)26-11-13-28(14-12-26)39(57)52-19-17-51(18-20-52)22-25-7-9-27(10-8-25)37(55)45-32-6-4-5-31-35(32)41(59)53(40(31)58)33-15-16-34(54)46-38(33)56/h4-14,29-30,33H,15-24H2,1-3H3,(H,44,47)(H,45,55)(H,46,54,56)/t29-,30+,33?/m0/s1. The fourth-order valence-corrected chi connectivity index (χ4v) is 8.67. The molecule has 1 aromatic heterocycles. The molecule has 4 aliphatic heterocycles. The van der Waals surface area contributed by atoms with E-state index in [1.165, 1.54) is 26.2 Å². The van der Waals surface area contributed by atoms with Crippen LogP contribution in [0.25, 0.3) is 0 Å². The van der Waals surface area contributed by atoms with Crippen LogP contribution in [-0.4, -0.2) is 128 Å². The number of imide groups is 2. The van der Waals surface area contributed by atoms with Crippen LogP contribution >= 0.6 is 0 Å². The third kappa shape index (κ3) is 8.23. The normalized spacial score (nSPS) is 21.0. The highest BCUT2D eigenvalue weighted by Crippen LogP contribution is 2.33. The Hall–Kier alpha value is -6.79. The van der Waals surface area contributed by atoms with Gasteiger partial charge in [-0.25, -0.2) is 9.48 Å². The van der Waals surface area contributed by atoms with Crippen molar-refractivity contribution in [2.45, 2.75) is 43.8 Å². The zero-order valence-corrected chi connectivity index (χ0v) is 34.1. The maximum atomic E-state index is 13.5. The number of hydrogen-bond donors (Lipinski definition) is 3. The average molecular weight is 831 g/mol. The number of nitrogens with zero attached hydrogens (tertiary/aromatic N) is 7. The molecule has 0 bridgehead atoms. The van der Waals surface area contributed by atoms with Gasteiger partial charge in [0.05, 0.1) is 16.8 Å². The van der Waals surface area contributed by atoms with Crippen LogP contribution in [-0.2, 0) is 30.2 Å². The minimum absolute atomic E-state index is 0.000927. The second-order valence-electron chi connectivity index (χ2n) is 16.1. The summed E-state index contributed by atoms with van der Waals surface area (Å²) in [5.74, 6) is -2.74. The van der Waals surface area contributed by atoms with E-state index in [4.69, 9.17) is 0 Å². The van der Waals surface area contributed by atoms with E-state index in [-0.39, 0.29) is 53.3 Å².